The van der Waals surface area contributed by atoms with E-state index in [0.717, 1.165) is 26.2 Å². The average molecular weight is 466 g/mol. The number of carbonyl (C=O) groups is 1. The molecule has 33 heavy (non-hydrogen) atoms. The molecule has 1 fully saturated rings. The van der Waals surface area contributed by atoms with Crippen molar-refractivity contribution in [2.75, 3.05) is 45.3 Å². The van der Waals surface area contributed by atoms with Gasteiger partial charge in [0, 0.05) is 54.4 Å². The van der Waals surface area contributed by atoms with Gasteiger partial charge in [0.15, 0.2) is 0 Å². The maximum atomic E-state index is 13.1. The van der Waals surface area contributed by atoms with E-state index in [-0.39, 0.29) is 18.0 Å². The van der Waals surface area contributed by atoms with Crippen LogP contribution in [0, 0.1) is 0 Å². The summed E-state index contributed by atoms with van der Waals surface area (Å²) in [4.78, 5) is 19.3. The predicted octanol–water partition coefficient (Wildman–Crippen LogP) is 4.45. The maximum absolute atomic E-state index is 13.1. The summed E-state index contributed by atoms with van der Waals surface area (Å²) in [6.07, 6.45) is 0. The molecule has 1 amide bonds. The van der Waals surface area contributed by atoms with Crippen molar-refractivity contribution in [1.29, 1.82) is 0 Å². The fourth-order valence-electron chi connectivity index (χ4n) is 4.41. The van der Waals surface area contributed by atoms with Crippen LogP contribution in [0.25, 0.3) is 0 Å². The number of methoxy groups -OCH3 is 2. The minimum atomic E-state index is -0.135. The fraction of sp³-hybridized carbons (Fsp3) is 0.346. The molecule has 7 heteroatoms. The van der Waals surface area contributed by atoms with Crippen molar-refractivity contribution < 1.29 is 14.3 Å². The van der Waals surface area contributed by atoms with Crippen molar-refractivity contribution in [3.8, 4) is 11.5 Å². The van der Waals surface area contributed by atoms with E-state index in [1.165, 1.54) is 10.6 Å². The molecule has 2 aromatic carbocycles. The summed E-state index contributed by atoms with van der Waals surface area (Å²) in [7, 11) is 3.17. The number of hydrogen-bond donors (Lipinski definition) is 1. The van der Waals surface area contributed by atoms with Crippen LogP contribution in [0.15, 0.2) is 66.0 Å². The van der Waals surface area contributed by atoms with Crippen LogP contribution in [-0.2, 0) is 0 Å². The lowest BCUT2D eigenvalue weighted by Crippen LogP contribution is -2.52. The normalized spacial score (nSPS) is 16.2. The molecule has 0 unspecified atom stereocenters. The van der Waals surface area contributed by atoms with Crippen LogP contribution in [0.2, 0.25) is 0 Å². The molecule has 1 aliphatic heterocycles. The average Bonchev–Trinajstić information content (AvgIpc) is 3.39. The van der Waals surface area contributed by atoms with Crippen LogP contribution in [-0.4, -0.2) is 57.2 Å². The van der Waals surface area contributed by atoms with Crippen molar-refractivity contribution in [3.05, 3.63) is 76.5 Å². The quantitative estimate of drug-likeness (QED) is 0.533. The van der Waals surface area contributed by atoms with Crippen LogP contribution in [0.1, 0.15) is 28.2 Å². The van der Waals surface area contributed by atoms with E-state index in [1.54, 1.807) is 43.8 Å². The molecule has 4 rings (SSSR count). The van der Waals surface area contributed by atoms with Gasteiger partial charge in [-0.05, 0) is 42.6 Å². The number of piperazine rings is 1. The third-order valence-corrected chi connectivity index (χ3v) is 7.05. The Morgan fingerprint density at radius 1 is 0.939 bits per heavy atom. The Hall–Kier alpha value is -3.03. The Morgan fingerprint density at radius 2 is 1.61 bits per heavy atom. The number of nitrogens with zero attached hydrogens (tertiary/aromatic N) is 2. The van der Waals surface area contributed by atoms with Crippen molar-refractivity contribution in [1.82, 2.24) is 10.2 Å². The Kier molecular flexibility index (Phi) is 7.52. The second-order valence-electron chi connectivity index (χ2n) is 8.18. The minimum Gasteiger partial charge on any atom is -0.497 e. The summed E-state index contributed by atoms with van der Waals surface area (Å²) in [5.41, 5.74) is 1.79. The van der Waals surface area contributed by atoms with Gasteiger partial charge >= 0.3 is 0 Å². The molecule has 1 aliphatic rings. The van der Waals surface area contributed by atoms with Gasteiger partial charge in [-0.1, -0.05) is 24.3 Å². The van der Waals surface area contributed by atoms with Crippen LogP contribution >= 0.6 is 11.3 Å². The highest BCUT2D eigenvalue weighted by Gasteiger charge is 2.31. The standard InChI is InChI=1S/C26H31N3O3S/c1-19(27-26(30)20-16-22(31-2)18-23(17-20)32-3)25(24-10-7-15-33-24)29-13-11-28(12-14-29)21-8-5-4-6-9-21/h4-10,15-19,25H,11-14H2,1-3H3,(H,27,30)/t19-,25-/m1/s1. The number of para-hydroxylation sites is 1. The first-order valence-corrected chi connectivity index (χ1v) is 12.1. The molecule has 3 aromatic rings. The number of benzene rings is 2. The topological polar surface area (TPSA) is 54.0 Å². The molecular formula is C26H31N3O3S. The Morgan fingerprint density at radius 3 is 2.18 bits per heavy atom. The van der Waals surface area contributed by atoms with Crippen molar-refractivity contribution in [2.24, 2.45) is 0 Å². The Bertz CT molecular complexity index is 1010. The zero-order valence-electron chi connectivity index (χ0n) is 19.4. The van der Waals surface area contributed by atoms with Gasteiger partial charge in [-0.25, -0.2) is 0 Å². The molecule has 2 atom stereocenters. The van der Waals surface area contributed by atoms with E-state index in [1.807, 2.05) is 0 Å². The summed E-state index contributed by atoms with van der Waals surface area (Å²) in [5.74, 6) is 1.06. The van der Waals surface area contributed by atoms with Gasteiger partial charge in [-0.3, -0.25) is 9.69 Å². The van der Waals surface area contributed by atoms with E-state index >= 15 is 0 Å². The van der Waals surface area contributed by atoms with Crippen LogP contribution in [0.3, 0.4) is 0 Å². The Labute approximate surface area is 199 Å². The third kappa shape index (κ3) is 5.49. The number of thiophene rings is 1. The zero-order chi connectivity index (χ0) is 23.2. The van der Waals surface area contributed by atoms with Gasteiger partial charge in [0.2, 0.25) is 0 Å². The molecule has 6 nitrogen and oxygen atoms in total. The van der Waals surface area contributed by atoms with Gasteiger partial charge in [0.25, 0.3) is 5.91 Å². The summed E-state index contributed by atoms with van der Waals surface area (Å²) in [5, 5.41) is 5.33. The van der Waals surface area contributed by atoms with Gasteiger partial charge in [-0.15, -0.1) is 11.3 Å². The van der Waals surface area contributed by atoms with Crippen LogP contribution in [0.4, 0.5) is 5.69 Å². The highest BCUT2D eigenvalue weighted by molar-refractivity contribution is 7.10. The summed E-state index contributed by atoms with van der Waals surface area (Å²) < 4.78 is 10.7. The SMILES string of the molecule is COc1cc(OC)cc(C(=O)N[C@H](C)[C@H](c2cccs2)N2CCN(c3ccccc3)CC2)c1. The summed E-state index contributed by atoms with van der Waals surface area (Å²) in [6.45, 7) is 5.87. The highest BCUT2D eigenvalue weighted by Crippen LogP contribution is 2.31. The molecule has 1 N–H and O–H groups in total. The molecule has 0 aliphatic carbocycles. The number of nitrogens with one attached hydrogen (secondary N) is 1. The van der Waals surface area contributed by atoms with Gasteiger partial charge in [0.05, 0.1) is 20.3 Å². The molecule has 2 heterocycles. The largest absolute Gasteiger partial charge is 0.497 e. The molecular weight excluding hydrogens is 434 g/mol. The molecule has 174 valence electrons. The molecule has 0 radical (unpaired) electrons. The zero-order valence-corrected chi connectivity index (χ0v) is 20.2. The Balaban J connectivity index is 1.48. The first-order valence-electron chi connectivity index (χ1n) is 11.2. The minimum absolute atomic E-state index is 0.0726. The van der Waals surface area contributed by atoms with E-state index < -0.39 is 0 Å². The summed E-state index contributed by atoms with van der Waals surface area (Å²) in [6, 6.07) is 20.1. The monoisotopic (exact) mass is 465 g/mol. The fourth-order valence-corrected chi connectivity index (χ4v) is 5.37. The second kappa shape index (κ2) is 10.7. The van der Waals surface area contributed by atoms with Crippen molar-refractivity contribution in [3.63, 3.8) is 0 Å². The predicted molar refractivity (Wildman–Crippen MR) is 134 cm³/mol. The van der Waals surface area contributed by atoms with E-state index in [2.05, 4.69) is 69.9 Å². The molecule has 0 spiro atoms. The van der Waals surface area contributed by atoms with Crippen molar-refractivity contribution in [2.45, 2.75) is 19.0 Å². The number of amides is 1. The van der Waals surface area contributed by atoms with E-state index in [9.17, 15) is 4.79 Å². The summed E-state index contributed by atoms with van der Waals surface area (Å²) >= 11 is 1.74. The van der Waals surface area contributed by atoms with Gasteiger partial charge < -0.3 is 19.7 Å². The third-order valence-electron chi connectivity index (χ3n) is 6.11. The first kappa shape index (κ1) is 23.1. The molecule has 0 bridgehead atoms. The van der Waals surface area contributed by atoms with Gasteiger partial charge in [-0.2, -0.15) is 0 Å². The van der Waals surface area contributed by atoms with Crippen molar-refractivity contribution >= 4 is 22.9 Å². The maximum Gasteiger partial charge on any atom is 0.251 e. The number of carbonyl (C=O) groups excluding carboxylic acids is 1. The number of anilines is 1. The van der Waals surface area contributed by atoms with E-state index in [0.29, 0.717) is 17.1 Å². The van der Waals surface area contributed by atoms with E-state index in [4.69, 9.17) is 9.47 Å². The lowest BCUT2D eigenvalue weighted by molar-refractivity contribution is 0.0890. The number of ether oxygens (including phenoxy) is 2. The van der Waals surface area contributed by atoms with Gasteiger partial charge in [0.1, 0.15) is 11.5 Å². The smallest absolute Gasteiger partial charge is 0.251 e. The lowest BCUT2D eigenvalue weighted by Gasteiger charge is -2.42. The molecule has 1 aromatic heterocycles. The highest BCUT2D eigenvalue weighted by atomic mass is 32.1. The number of hydrogen-bond acceptors (Lipinski definition) is 6. The second-order valence-corrected chi connectivity index (χ2v) is 9.16. The van der Waals surface area contributed by atoms with Crippen LogP contribution < -0.4 is 19.7 Å². The van der Waals surface area contributed by atoms with Crippen LogP contribution in [0.5, 0.6) is 11.5 Å². The first-order chi connectivity index (χ1) is 16.1. The number of rotatable bonds is 8. The molecule has 0 saturated carbocycles. The molecule has 1 saturated heterocycles. The lowest BCUT2D eigenvalue weighted by atomic mass is 10.0.